The van der Waals surface area contributed by atoms with Gasteiger partial charge in [-0.05, 0) is 5.92 Å². The summed E-state index contributed by atoms with van der Waals surface area (Å²) < 4.78 is 0. The Hall–Kier alpha value is 0.507. The molecule has 0 spiro atoms. The van der Waals surface area contributed by atoms with Crippen molar-refractivity contribution in [3.8, 4) is 0 Å². The van der Waals surface area contributed by atoms with Crippen LogP contribution in [0.25, 0.3) is 0 Å². The van der Waals surface area contributed by atoms with Crippen LogP contribution in [-0.2, 0) is 0 Å². The molecule has 0 aromatic heterocycles. The SMILES string of the molecule is CCC(C)C(Cl)[Si](C)(C)C. The highest BCUT2D eigenvalue weighted by molar-refractivity contribution is 6.83. The van der Waals surface area contributed by atoms with Gasteiger partial charge in [0.2, 0.25) is 0 Å². The van der Waals surface area contributed by atoms with E-state index in [0.29, 0.717) is 10.9 Å². The maximum atomic E-state index is 6.27. The van der Waals surface area contributed by atoms with Crippen LogP contribution in [0.5, 0.6) is 0 Å². The van der Waals surface area contributed by atoms with Gasteiger partial charge < -0.3 is 0 Å². The van der Waals surface area contributed by atoms with Gasteiger partial charge in [0, 0.05) is 5.00 Å². The molecule has 2 heteroatoms. The number of hydrogen-bond donors (Lipinski definition) is 0. The number of halogens is 1. The third-order valence-corrected chi connectivity index (χ3v) is 6.59. The van der Waals surface area contributed by atoms with Crippen LogP contribution < -0.4 is 0 Å². The summed E-state index contributed by atoms with van der Waals surface area (Å²) in [6.45, 7) is 11.4. The smallest absolute Gasteiger partial charge is 0.0652 e. The average Bonchev–Trinajstić information content (AvgIpc) is 1.83. The van der Waals surface area contributed by atoms with Crippen molar-refractivity contribution in [3.05, 3.63) is 0 Å². The summed E-state index contributed by atoms with van der Waals surface area (Å²) in [6, 6.07) is 0. The maximum absolute atomic E-state index is 6.27. The first-order valence-corrected chi connectivity index (χ1v) is 8.05. The van der Waals surface area contributed by atoms with E-state index in [2.05, 4.69) is 33.5 Å². The third-order valence-electron chi connectivity index (χ3n) is 1.97. The highest BCUT2D eigenvalue weighted by Gasteiger charge is 2.28. The molecular weight excluding hydrogens is 160 g/mol. The fraction of sp³-hybridized carbons (Fsp3) is 1.00. The van der Waals surface area contributed by atoms with E-state index < -0.39 is 8.07 Å². The van der Waals surface area contributed by atoms with Crippen LogP contribution in [-0.4, -0.2) is 13.1 Å². The van der Waals surface area contributed by atoms with Gasteiger partial charge in [-0.15, -0.1) is 11.6 Å². The van der Waals surface area contributed by atoms with E-state index in [1.54, 1.807) is 0 Å². The number of hydrogen-bond acceptors (Lipinski definition) is 0. The Balaban J connectivity index is 3.94. The molecule has 0 amide bonds. The van der Waals surface area contributed by atoms with Gasteiger partial charge in [-0.3, -0.25) is 0 Å². The normalized spacial score (nSPS) is 18.6. The van der Waals surface area contributed by atoms with Gasteiger partial charge in [0.15, 0.2) is 0 Å². The van der Waals surface area contributed by atoms with Crippen molar-refractivity contribution in [3.63, 3.8) is 0 Å². The Morgan fingerprint density at radius 3 is 1.80 bits per heavy atom. The van der Waals surface area contributed by atoms with E-state index in [1.165, 1.54) is 6.42 Å². The molecule has 2 atom stereocenters. The Morgan fingerprint density at radius 2 is 1.70 bits per heavy atom. The molecule has 0 aliphatic heterocycles. The van der Waals surface area contributed by atoms with E-state index in [0.717, 1.165) is 0 Å². The van der Waals surface area contributed by atoms with Crippen molar-refractivity contribution >= 4 is 19.7 Å². The molecule has 0 nitrogen and oxygen atoms in total. The molecule has 0 bridgehead atoms. The van der Waals surface area contributed by atoms with Gasteiger partial charge in [0.1, 0.15) is 0 Å². The molecule has 2 unspecified atom stereocenters. The Bertz CT molecular complexity index is 95.9. The Labute approximate surface area is 71.0 Å². The molecule has 62 valence electrons. The zero-order valence-electron chi connectivity index (χ0n) is 7.74. The van der Waals surface area contributed by atoms with Crippen LogP contribution in [0, 0.1) is 5.92 Å². The van der Waals surface area contributed by atoms with Crippen LogP contribution in [0.2, 0.25) is 19.6 Å². The van der Waals surface area contributed by atoms with Crippen molar-refractivity contribution < 1.29 is 0 Å². The lowest BCUT2D eigenvalue weighted by Crippen LogP contribution is -2.38. The van der Waals surface area contributed by atoms with Gasteiger partial charge in [0.05, 0.1) is 8.07 Å². The summed E-state index contributed by atoms with van der Waals surface area (Å²) in [7, 11) is -1.08. The monoisotopic (exact) mass is 178 g/mol. The number of rotatable bonds is 3. The summed E-state index contributed by atoms with van der Waals surface area (Å²) >= 11 is 6.27. The first kappa shape index (κ1) is 10.5. The molecule has 0 aliphatic rings. The largest absolute Gasteiger partial charge is 0.126 e. The third kappa shape index (κ3) is 3.06. The molecule has 0 radical (unpaired) electrons. The van der Waals surface area contributed by atoms with E-state index >= 15 is 0 Å². The zero-order valence-corrected chi connectivity index (χ0v) is 9.50. The molecule has 0 aromatic rings. The van der Waals surface area contributed by atoms with Gasteiger partial charge in [-0.25, -0.2) is 0 Å². The highest BCUT2D eigenvalue weighted by Crippen LogP contribution is 2.23. The van der Waals surface area contributed by atoms with Crippen molar-refractivity contribution in [1.29, 1.82) is 0 Å². The molecule has 0 saturated heterocycles. The first-order valence-electron chi connectivity index (χ1n) is 4.03. The molecule has 0 saturated carbocycles. The van der Waals surface area contributed by atoms with Gasteiger partial charge >= 0.3 is 0 Å². The minimum atomic E-state index is -1.08. The summed E-state index contributed by atoms with van der Waals surface area (Å²) in [5.41, 5.74) is 0. The lowest BCUT2D eigenvalue weighted by Gasteiger charge is -2.27. The predicted molar refractivity (Wildman–Crippen MR) is 52.4 cm³/mol. The number of alkyl halides is 1. The van der Waals surface area contributed by atoms with E-state index in [4.69, 9.17) is 11.6 Å². The molecule has 0 heterocycles. The van der Waals surface area contributed by atoms with Crippen LogP contribution in [0.4, 0.5) is 0 Å². The summed E-state index contributed by atoms with van der Waals surface area (Å²) in [4.78, 5) is 0. The fourth-order valence-electron chi connectivity index (χ4n) is 1.06. The summed E-state index contributed by atoms with van der Waals surface area (Å²) in [6.07, 6.45) is 1.21. The highest BCUT2D eigenvalue weighted by atomic mass is 35.5. The van der Waals surface area contributed by atoms with Gasteiger partial charge in [-0.1, -0.05) is 39.9 Å². The minimum absolute atomic E-state index is 0.442. The molecule has 0 fully saturated rings. The molecule has 0 N–H and O–H groups in total. The second kappa shape index (κ2) is 3.77. The van der Waals surface area contributed by atoms with Crippen LogP contribution in [0.15, 0.2) is 0 Å². The van der Waals surface area contributed by atoms with E-state index in [-0.39, 0.29) is 0 Å². The van der Waals surface area contributed by atoms with Crippen LogP contribution in [0.1, 0.15) is 20.3 Å². The van der Waals surface area contributed by atoms with E-state index in [9.17, 15) is 0 Å². The summed E-state index contributed by atoms with van der Waals surface area (Å²) in [5, 5.41) is 0.442. The molecule has 0 rings (SSSR count). The van der Waals surface area contributed by atoms with Crippen LogP contribution >= 0.6 is 11.6 Å². The molecule has 10 heavy (non-hydrogen) atoms. The second-order valence-electron chi connectivity index (χ2n) is 4.15. The van der Waals surface area contributed by atoms with Crippen molar-refractivity contribution in [2.24, 2.45) is 5.92 Å². The lowest BCUT2D eigenvalue weighted by molar-refractivity contribution is 0.594. The Morgan fingerprint density at radius 1 is 1.30 bits per heavy atom. The predicted octanol–water partition coefficient (Wildman–Crippen LogP) is 3.52. The molecule has 0 aliphatic carbocycles. The Kier molecular flexibility index (Phi) is 3.96. The summed E-state index contributed by atoms with van der Waals surface area (Å²) in [5.74, 6) is 0.688. The topological polar surface area (TPSA) is 0 Å². The molecular formula is C8H19ClSi. The lowest BCUT2D eigenvalue weighted by atomic mass is 10.2. The maximum Gasteiger partial charge on any atom is 0.0652 e. The van der Waals surface area contributed by atoms with Crippen molar-refractivity contribution in [1.82, 2.24) is 0 Å². The van der Waals surface area contributed by atoms with Gasteiger partial charge in [0.25, 0.3) is 0 Å². The quantitative estimate of drug-likeness (QED) is 0.459. The van der Waals surface area contributed by atoms with E-state index in [1.807, 2.05) is 0 Å². The second-order valence-corrected chi connectivity index (χ2v) is 10.3. The fourth-order valence-corrected chi connectivity index (χ4v) is 3.18. The zero-order chi connectivity index (χ0) is 8.36. The van der Waals surface area contributed by atoms with Gasteiger partial charge in [-0.2, -0.15) is 0 Å². The first-order chi connectivity index (χ1) is 4.39. The average molecular weight is 179 g/mol. The molecule has 0 aromatic carbocycles. The standard InChI is InChI=1S/C8H19ClSi/c1-6-7(2)8(9)10(3,4)5/h7-8H,6H2,1-5H3. The van der Waals surface area contributed by atoms with Crippen molar-refractivity contribution in [2.75, 3.05) is 0 Å². The van der Waals surface area contributed by atoms with Crippen molar-refractivity contribution in [2.45, 2.75) is 44.9 Å². The van der Waals surface area contributed by atoms with Crippen LogP contribution in [0.3, 0.4) is 0 Å². The minimum Gasteiger partial charge on any atom is -0.126 e.